The molecule has 0 atom stereocenters. The highest BCUT2D eigenvalue weighted by Gasteiger charge is 2.26. The van der Waals surface area contributed by atoms with Crippen LogP contribution in [0.4, 0.5) is 5.69 Å². The van der Waals surface area contributed by atoms with Crippen molar-refractivity contribution in [1.82, 2.24) is 29.9 Å². The zero-order valence-electron chi connectivity index (χ0n) is 20.0. The smallest absolute Gasteiger partial charge is 0.274 e. The van der Waals surface area contributed by atoms with Crippen LogP contribution in [0.2, 0.25) is 5.02 Å². The molecule has 0 unspecified atom stereocenters. The first kappa shape index (κ1) is 24.7. The van der Waals surface area contributed by atoms with Gasteiger partial charge in [0.05, 0.1) is 41.2 Å². The molecule has 0 aliphatic heterocycles. The van der Waals surface area contributed by atoms with Gasteiger partial charge in [-0.25, -0.2) is 14.3 Å². The highest BCUT2D eigenvalue weighted by Crippen LogP contribution is 2.31. The Hall–Kier alpha value is -4.43. The number of nitriles is 1. The van der Waals surface area contributed by atoms with Crippen molar-refractivity contribution in [3.63, 3.8) is 0 Å². The van der Waals surface area contributed by atoms with Gasteiger partial charge < -0.3 is 15.4 Å². The Kier molecular flexibility index (Phi) is 6.89. The zero-order valence-corrected chi connectivity index (χ0v) is 20.8. The van der Waals surface area contributed by atoms with Crippen LogP contribution in [-0.2, 0) is 6.54 Å². The number of amides is 2. The number of carbonyl (C=O) groups excluding carboxylic acids is 2. The van der Waals surface area contributed by atoms with Crippen molar-refractivity contribution < 1.29 is 14.3 Å². The number of ether oxygens (including phenoxy) is 1. The van der Waals surface area contributed by atoms with E-state index in [0.29, 0.717) is 16.5 Å². The van der Waals surface area contributed by atoms with Crippen molar-refractivity contribution in [3.05, 3.63) is 58.5 Å². The molecule has 1 aromatic carbocycles. The molecule has 3 heterocycles. The van der Waals surface area contributed by atoms with Crippen LogP contribution in [0.25, 0.3) is 16.7 Å². The molecule has 11 nitrogen and oxygen atoms in total. The predicted molar refractivity (Wildman–Crippen MR) is 134 cm³/mol. The summed E-state index contributed by atoms with van der Waals surface area (Å²) >= 11 is 6.30. The minimum absolute atomic E-state index is 0.0654. The Morgan fingerprint density at radius 1 is 1.28 bits per heavy atom. The molecule has 0 saturated heterocycles. The quantitative estimate of drug-likeness (QED) is 0.391. The van der Waals surface area contributed by atoms with E-state index in [2.05, 4.69) is 25.8 Å². The van der Waals surface area contributed by atoms with E-state index in [0.717, 1.165) is 0 Å². The first-order valence-corrected chi connectivity index (χ1v) is 11.4. The van der Waals surface area contributed by atoms with Crippen molar-refractivity contribution in [2.75, 3.05) is 12.4 Å². The molecular formula is C24H23ClN8O3. The van der Waals surface area contributed by atoms with Crippen LogP contribution in [0.3, 0.4) is 0 Å². The van der Waals surface area contributed by atoms with Crippen molar-refractivity contribution in [3.8, 4) is 17.8 Å². The van der Waals surface area contributed by atoms with Crippen LogP contribution in [0.5, 0.6) is 5.88 Å². The Balaban J connectivity index is 1.87. The SMILES string of the molecule is COc1cc(C(=O)Nc2c(C)cc3cnn(CC#N)c3c2C(=O)NC(C)C)n(-c2ncccc2Cl)n1. The maximum Gasteiger partial charge on any atom is 0.274 e. The average Bonchev–Trinajstić information content (AvgIpc) is 3.44. The molecule has 0 aliphatic rings. The van der Waals surface area contributed by atoms with Gasteiger partial charge in [-0.15, -0.1) is 5.10 Å². The summed E-state index contributed by atoms with van der Waals surface area (Å²) in [5.74, 6) is -0.559. The van der Waals surface area contributed by atoms with E-state index in [1.165, 1.54) is 28.7 Å². The lowest BCUT2D eigenvalue weighted by atomic mass is 10.0. The largest absolute Gasteiger partial charge is 0.480 e. The lowest BCUT2D eigenvalue weighted by Gasteiger charge is -2.18. The number of nitrogens with one attached hydrogen (secondary N) is 2. The second kappa shape index (κ2) is 10.1. The Morgan fingerprint density at radius 2 is 2.06 bits per heavy atom. The Labute approximate surface area is 211 Å². The normalized spacial score (nSPS) is 10.9. The third kappa shape index (κ3) is 4.58. The lowest BCUT2D eigenvalue weighted by Crippen LogP contribution is -2.32. The Bertz CT molecular complexity index is 1520. The van der Waals surface area contributed by atoms with Gasteiger partial charge in [0.1, 0.15) is 12.2 Å². The van der Waals surface area contributed by atoms with Gasteiger partial charge in [-0.05, 0) is 44.5 Å². The third-order valence-corrected chi connectivity index (χ3v) is 5.59. The number of rotatable bonds is 7. The van der Waals surface area contributed by atoms with E-state index in [9.17, 15) is 14.9 Å². The molecule has 4 rings (SSSR count). The van der Waals surface area contributed by atoms with Crippen molar-refractivity contribution >= 4 is 40.0 Å². The molecule has 12 heteroatoms. The molecule has 0 radical (unpaired) electrons. The maximum atomic E-state index is 13.6. The molecular weight excluding hydrogens is 484 g/mol. The molecule has 36 heavy (non-hydrogen) atoms. The van der Waals surface area contributed by atoms with Crippen LogP contribution in [0.1, 0.15) is 40.3 Å². The first-order chi connectivity index (χ1) is 17.2. The standard InChI is InChI=1S/C24H23ClN8O3/c1-13(2)29-24(35)19-20(14(3)10-15-12-28-32(9-7-26)21(15)19)30-23(34)17-11-18(36-4)31-33(17)22-16(25)6-5-8-27-22/h5-6,8,10-13H,9H2,1-4H3,(H,29,35)(H,30,34). The van der Waals surface area contributed by atoms with Gasteiger partial charge in [-0.1, -0.05) is 11.6 Å². The number of fused-ring (bicyclic) bond motifs is 1. The number of hydrogen-bond acceptors (Lipinski definition) is 7. The monoisotopic (exact) mass is 506 g/mol. The molecule has 2 amide bonds. The second-order valence-electron chi connectivity index (χ2n) is 8.22. The first-order valence-electron chi connectivity index (χ1n) is 11.0. The van der Waals surface area contributed by atoms with Crippen LogP contribution in [0, 0.1) is 18.3 Å². The number of hydrogen-bond donors (Lipinski definition) is 2. The van der Waals surface area contributed by atoms with Gasteiger partial charge in [-0.2, -0.15) is 10.4 Å². The van der Waals surface area contributed by atoms with Crippen molar-refractivity contribution in [2.45, 2.75) is 33.4 Å². The zero-order chi connectivity index (χ0) is 26.0. The van der Waals surface area contributed by atoms with E-state index in [1.54, 1.807) is 31.3 Å². The molecule has 4 aromatic rings. The van der Waals surface area contributed by atoms with E-state index >= 15 is 0 Å². The summed E-state index contributed by atoms with van der Waals surface area (Å²) in [6.07, 6.45) is 3.11. The third-order valence-electron chi connectivity index (χ3n) is 5.30. The minimum Gasteiger partial charge on any atom is -0.480 e. The number of aromatic nitrogens is 5. The second-order valence-corrected chi connectivity index (χ2v) is 8.62. The summed E-state index contributed by atoms with van der Waals surface area (Å²) in [6.45, 7) is 5.37. The number of anilines is 1. The summed E-state index contributed by atoms with van der Waals surface area (Å²) in [4.78, 5) is 31.2. The van der Waals surface area contributed by atoms with Crippen LogP contribution >= 0.6 is 11.6 Å². The molecule has 2 N–H and O–H groups in total. The molecule has 0 aliphatic carbocycles. The highest BCUT2D eigenvalue weighted by atomic mass is 35.5. The number of halogens is 1. The fourth-order valence-electron chi connectivity index (χ4n) is 3.80. The lowest BCUT2D eigenvalue weighted by molar-refractivity contribution is 0.0945. The average molecular weight is 507 g/mol. The Morgan fingerprint density at radius 3 is 2.72 bits per heavy atom. The summed E-state index contributed by atoms with van der Waals surface area (Å²) in [5.41, 5.74) is 1.65. The summed E-state index contributed by atoms with van der Waals surface area (Å²) in [7, 11) is 1.43. The van der Waals surface area contributed by atoms with E-state index in [1.807, 2.05) is 19.9 Å². The topological polar surface area (TPSA) is 140 Å². The van der Waals surface area contributed by atoms with E-state index < -0.39 is 11.8 Å². The molecule has 3 aromatic heterocycles. The minimum atomic E-state index is -0.570. The molecule has 184 valence electrons. The van der Waals surface area contributed by atoms with Gasteiger partial charge in [0, 0.05) is 23.7 Å². The van der Waals surface area contributed by atoms with Gasteiger partial charge in [0.2, 0.25) is 5.88 Å². The number of benzene rings is 1. The van der Waals surface area contributed by atoms with Gasteiger partial charge in [0.25, 0.3) is 11.8 Å². The number of pyridine rings is 1. The number of methoxy groups -OCH3 is 1. The predicted octanol–water partition coefficient (Wildman–Crippen LogP) is 3.50. The van der Waals surface area contributed by atoms with E-state index in [4.69, 9.17) is 16.3 Å². The maximum absolute atomic E-state index is 13.6. The molecule has 0 fully saturated rings. The number of carbonyl (C=O) groups is 2. The van der Waals surface area contributed by atoms with Gasteiger partial charge >= 0.3 is 0 Å². The fraction of sp³-hybridized carbons (Fsp3) is 0.250. The summed E-state index contributed by atoms with van der Waals surface area (Å²) in [6, 6.07) is 8.41. The van der Waals surface area contributed by atoms with Gasteiger partial charge in [-0.3, -0.25) is 9.59 Å². The summed E-state index contributed by atoms with van der Waals surface area (Å²) < 4.78 is 7.93. The molecule has 0 spiro atoms. The number of aryl methyl sites for hydroxylation is 1. The van der Waals surface area contributed by atoms with Crippen LogP contribution in [-0.4, -0.2) is 49.5 Å². The molecule has 0 bridgehead atoms. The summed E-state index contributed by atoms with van der Waals surface area (Å²) in [5, 5.41) is 24.5. The van der Waals surface area contributed by atoms with Gasteiger partial charge in [0.15, 0.2) is 5.82 Å². The van der Waals surface area contributed by atoms with Crippen molar-refractivity contribution in [1.29, 1.82) is 5.26 Å². The van der Waals surface area contributed by atoms with Crippen LogP contribution in [0.15, 0.2) is 36.7 Å². The van der Waals surface area contributed by atoms with Crippen molar-refractivity contribution in [2.24, 2.45) is 0 Å². The number of nitrogens with zero attached hydrogens (tertiary/aromatic N) is 6. The van der Waals surface area contributed by atoms with Crippen LogP contribution < -0.4 is 15.4 Å². The fourth-order valence-corrected chi connectivity index (χ4v) is 4.00. The highest BCUT2D eigenvalue weighted by molar-refractivity contribution is 6.32. The van der Waals surface area contributed by atoms with E-state index in [-0.39, 0.29) is 46.3 Å². The molecule has 0 saturated carbocycles.